The van der Waals surface area contributed by atoms with Crippen LogP contribution in [0.25, 0.3) is 32.9 Å². The molecule has 1 N–H and O–H groups in total. The Labute approximate surface area is 150 Å². The molecule has 4 rings (SSSR count). The van der Waals surface area contributed by atoms with Crippen LogP contribution in [0.5, 0.6) is 5.75 Å². The minimum Gasteiger partial charge on any atom is -0.508 e. The van der Waals surface area contributed by atoms with E-state index in [0.29, 0.717) is 0 Å². The van der Waals surface area contributed by atoms with Gasteiger partial charge in [-0.15, -0.1) is 11.3 Å². The Hall–Kier alpha value is -2.91. The number of rotatable bonds is 3. The van der Waals surface area contributed by atoms with Crippen molar-refractivity contribution in [3.05, 3.63) is 83.4 Å². The summed E-state index contributed by atoms with van der Waals surface area (Å²) < 4.78 is 1.22. The third-order valence-electron chi connectivity index (χ3n) is 4.04. The molecular formula is C22H17NOS. The molecule has 25 heavy (non-hydrogen) atoms. The number of hydrogen-bond donors (Lipinski definition) is 1. The molecule has 0 aliphatic rings. The van der Waals surface area contributed by atoms with Crippen molar-refractivity contribution in [2.45, 2.75) is 6.92 Å². The Bertz CT molecular complexity index is 1060. The van der Waals surface area contributed by atoms with Crippen molar-refractivity contribution in [1.29, 1.82) is 0 Å². The molecule has 0 aliphatic heterocycles. The lowest BCUT2D eigenvalue weighted by atomic mass is 10.1. The Morgan fingerprint density at radius 3 is 2.48 bits per heavy atom. The van der Waals surface area contributed by atoms with Crippen molar-refractivity contribution in [2.75, 3.05) is 0 Å². The Balaban J connectivity index is 1.58. The van der Waals surface area contributed by atoms with Crippen molar-refractivity contribution < 1.29 is 5.11 Å². The van der Waals surface area contributed by atoms with Crippen LogP contribution in [0, 0.1) is 6.92 Å². The average molecular weight is 343 g/mol. The van der Waals surface area contributed by atoms with Crippen molar-refractivity contribution in [1.82, 2.24) is 4.98 Å². The summed E-state index contributed by atoms with van der Waals surface area (Å²) in [6, 6.07) is 22.0. The standard InChI is InChI=1S/C22H17NOS/c1-15-5-12-20-21(13-15)25-22(23-20)18-10-8-16(9-11-18)6-7-17-3-2-4-19(24)14-17/h2-14,24H,1H3. The van der Waals surface area contributed by atoms with Gasteiger partial charge in [-0.25, -0.2) is 4.98 Å². The molecule has 0 amide bonds. The minimum absolute atomic E-state index is 0.281. The summed E-state index contributed by atoms with van der Waals surface area (Å²) in [5.74, 6) is 0.281. The van der Waals surface area contributed by atoms with E-state index in [0.717, 1.165) is 27.2 Å². The first-order valence-electron chi connectivity index (χ1n) is 8.12. The molecule has 0 saturated carbocycles. The van der Waals surface area contributed by atoms with Crippen LogP contribution in [-0.4, -0.2) is 10.1 Å². The number of hydrogen-bond acceptors (Lipinski definition) is 3. The zero-order valence-corrected chi connectivity index (χ0v) is 14.6. The quantitative estimate of drug-likeness (QED) is 0.453. The summed E-state index contributed by atoms with van der Waals surface area (Å²) in [4.78, 5) is 4.73. The fourth-order valence-electron chi connectivity index (χ4n) is 2.71. The van der Waals surface area contributed by atoms with Crippen LogP contribution in [0.1, 0.15) is 16.7 Å². The molecule has 0 aliphatic carbocycles. The third-order valence-corrected chi connectivity index (χ3v) is 5.11. The van der Waals surface area contributed by atoms with Gasteiger partial charge in [0.05, 0.1) is 10.2 Å². The lowest BCUT2D eigenvalue weighted by molar-refractivity contribution is 0.475. The molecule has 0 fully saturated rings. The maximum atomic E-state index is 9.51. The number of aromatic nitrogens is 1. The van der Waals surface area contributed by atoms with E-state index in [1.807, 2.05) is 24.3 Å². The van der Waals surface area contributed by atoms with Gasteiger partial charge in [0.25, 0.3) is 0 Å². The maximum absolute atomic E-state index is 9.51. The molecule has 0 spiro atoms. The normalized spacial score (nSPS) is 11.4. The fraction of sp³-hybridized carbons (Fsp3) is 0.0455. The highest BCUT2D eigenvalue weighted by molar-refractivity contribution is 7.21. The zero-order chi connectivity index (χ0) is 17.2. The lowest BCUT2D eigenvalue weighted by Gasteiger charge is -1.98. The van der Waals surface area contributed by atoms with Gasteiger partial charge in [-0.1, -0.05) is 54.6 Å². The number of phenols is 1. The highest BCUT2D eigenvalue weighted by Crippen LogP contribution is 2.31. The molecule has 122 valence electrons. The van der Waals surface area contributed by atoms with Crippen molar-refractivity contribution in [3.63, 3.8) is 0 Å². The van der Waals surface area contributed by atoms with Gasteiger partial charge in [0, 0.05) is 5.56 Å². The molecule has 0 bridgehead atoms. The van der Waals surface area contributed by atoms with Gasteiger partial charge in [0.2, 0.25) is 0 Å². The molecule has 0 saturated heterocycles. The van der Waals surface area contributed by atoms with E-state index < -0.39 is 0 Å². The predicted molar refractivity (Wildman–Crippen MR) is 107 cm³/mol. The van der Waals surface area contributed by atoms with Gasteiger partial charge in [-0.2, -0.15) is 0 Å². The second kappa shape index (κ2) is 6.54. The molecule has 3 heteroatoms. The SMILES string of the molecule is Cc1ccc2nc(-c3ccc(C=Cc4cccc(O)c4)cc3)sc2c1. The summed E-state index contributed by atoms with van der Waals surface area (Å²) in [6.07, 6.45) is 4.04. The molecule has 1 heterocycles. The number of aryl methyl sites for hydroxylation is 1. The molecule has 0 radical (unpaired) electrons. The molecule has 0 atom stereocenters. The topological polar surface area (TPSA) is 33.1 Å². The first kappa shape index (κ1) is 15.6. The largest absolute Gasteiger partial charge is 0.508 e. The number of aromatic hydroxyl groups is 1. The molecule has 0 unspecified atom stereocenters. The summed E-state index contributed by atoms with van der Waals surface area (Å²) in [5.41, 5.74) is 5.54. The van der Waals surface area contributed by atoms with Crippen molar-refractivity contribution in [2.24, 2.45) is 0 Å². The van der Waals surface area contributed by atoms with E-state index in [4.69, 9.17) is 4.98 Å². The van der Waals surface area contributed by atoms with E-state index in [-0.39, 0.29) is 5.75 Å². The van der Waals surface area contributed by atoms with Crippen LogP contribution in [0.15, 0.2) is 66.7 Å². The van der Waals surface area contributed by atoms with Crippen molar-refractivity contribution in [3.8, 4) is 16.3 Å². The van der Waals surface area contributed by atoms with Gasteiger partial charge in [-0.3, -0.25) is 0 Å². The van der Waals surface area contributed by atoms with Crippen LogP contribution < -0.4 is 0 Å². The molecule has 1 aromatic heterocycles. The third kappa shape index (κ3) is 3.47. The summed E-state index contributed by atoms with van der Waals surface area (Å²) in [6.45, 7) is 2.10. The molecular weight excluding hydrogens is 326 g/mol. The van der Waals surface area contributed by atoms with Crippen molar-refractivity contribution >= 4 is 33.7 Å². The van der Waals surface area contributed by atoms with E-state index >= 15 is 0 Å². The van der Waals surface area contributed by atoms with Gasteiger partial charge in [-0.05, 0) is 47.9 Å². The van der Waals surface area contributed by atoms with Crippen LogP contribution in [0.4, 0.5) is 0 Å². The lowest BCUT2D eigenvalue weighted by Crippen LogP contribution is -1.77. The van der Waals surface area contributed by atoms with E-state index in [9.17, 15) is 5.11 Å². The van der Waals surface area contributed by atoms with Gasteiger partial charge in [0.15, 0.2) is 0 Å². The Kier molecular flexibility index (Phi) is 4.08. The second-order valence-electron chi connectivity index (χ2n) is 6.04. The first-order valence-corrected chi connectivity index (χ1v) is 8.94. The predicted octanol–water partition coefficient (Wildman–Crippen LogP) is 6.15. The highest BCUT2D eigenvalue weighted by Gasteiger charge is 2.06. The summed E-state index contributed by atoms with van der Waals surface area (Å²) >= 11 is 1.73. The van der Waals surface area contributed by atoms with Crippen LogP contribution in [-0.2, 0) is 0 Å². The van der Waals surface area contributed by atoms with E-state index in [1.54, 1.807) is 23.5 Å². The molecule has 2 nitrogen and oxygen atoms in total. The molecule has 4 aromatic rings. The number of thiazole rings is 1. The zero-order valence-electron chi connectivity index (χ0n) is 13.8. The van der Waals surface area contributed by atoms with E-state index in [1.165, 1.54) is 10.3 Å². The van der Waals surface area contributed by atoms with Crippen LogP contribution >= 0.6 is 11.3 Å². The number of benzene rings is 3. The number of fused-ring (bicyclic) bond motifs is 1. The first-order chi connectivity index (χ1) is 12.2. The van der Waals surface area contributed by atoms with Gasteiger partial charge < -0.3 is 5.11 Å². The second-order valence-corrected chi connectivity index (χ2v) is 7.07. The minimum atomic E-state index is 0.281. The van der Waals surface area contributed by atoms with Gasteiger partial charge in [0.1, 0.15) is 10.8 Å². The van der Waals surface area contributed by atoms with Crippen LogP contribution in [0.2, 0.25) is 0 Å². The summed E-state index contributed by atoms with van der Waals surface area (Å²) in [5, 5.41) is 10.6. The summed E-state index contributed by atoms with van der Waals surface area (Å²) in [7, 11) is 0. The monoisotopic (exact) mass is 343 g/mol. The maximum Gasteiger partial charge on any atom is 0.124 e. The fourth-order valence-corrected chi connectivity index (χ4v) is 3.78. The average Bonchev–Trinajstić information content (AvgIpc) is 3.03. The number of phenolic OH excluding ortho intramolecular Hbond substituents is 1. The van der Waals surface area contributed by atoms with Crippen LogP contribution in [0.3, 0.4) is 0 Å². The smallest absolute Gasteiger partial charge is 0.124 e. The number of nitrogens with zero attached hydrogens (tertiary/aromatic N) is 1. The van der Waals surface area contributed by atoms with Gasteiger partial charge >= 0.3 is 0 Å². The Morgan fingerprint density at radius 2 is 1.68 bits per heavy atom. The molecule has 3 aromatic carbocycles. The van der Waals surface area contributed by atoms with E-state index in [2.05, 4.69) is 49.4 Å². The Morgan fingerprint density at radius 1 is 0.880 bits per heavy atom. The highest BCUT2D eigenvalue weighted by atomic mass is 32.1.